The van der Waals surface area contributed by atoms with Crippen LogP contribution < -0.4 is 5.32 Å². The van der Waals surface area contributed by atoms with Gasteiger partial charge in [-0.1, -0.05) is 0 Å². The van der Waals surface area contributed by atoms with E-state index in [4.69, 9.17) is 5.11 Å². The van der Waals surface area contributed by atoms with E-state index in [0.717, 1.165) is 10.6 Å². The zero-order valence-corrected chi connectivity index (χ0v) is 11.8. The first kappa shape index (κ1) is 15.4. The van der Waals surface area contributed by atoms with Gasteiger partial charge in [0.1, 0.15) is 0 Å². The molecule has 0 aromatic carbocycles. The van der Waals surface area contributed by atoms with E-state index >= 15 is 0 Å². The van der Waals surface area contributed by atoms with Gasteiger partial charge in [0.2, 0.25) is 0 Å². The molecule has 106 valence electrons. The quantitative estimate of drug-likeness (QED) is 0.728. The highest BCUT2D eigenvalue weighted by Crippen LogP contribution is 2.14. The van der Waals surface area contributed by atoms with Gasteiger partial charge >= 0.3 is 12.0 Å². The molecule has 8 heteroatoms. The van der Waals surface area contributed by atoms with Gasteiger partial charge in [0.15, 0.2) is 6.04 Å². The molecule has 2 atom stereocenters. The fraction of sp³-hybridized carbons (Fsp3) is 0.545. The number of nitrogens with zero attached hydrogens (tertiary/aromatic N) is 2. The molecular formula is C11H17N3O4S. The molecule has 0 aliphatic carbocycles. The second-order valence-corrected chi connectivity index (χ2v) is 5.16. The van der Waals surface area contributed by atoms with Crippen LogP contribution in [0.3, 0.4) is 0 Å². The molecule has 2 amide bonds. The van der Waals surface area contributed by atoms with Crippen LogP contribution >= 0.6 is 11.3 Å². The van der Waals surface area contributed by atoms with E-state index < -0.39 is 24.1 Å². The normalized spacial score (nSPS) is 13.7. The summed E-state index contributed by atoms with van der Waals surface area (Å²) in [5.74, 6) is -1.27. The Bertz CT molecular complexity index is 461. The highest BCUT2D eigenvalue weighted by Gasteiger charge is 2.26. The molecule has 0 saturated heterocycles. The van der Waals surface area contributed by atoms with Crippen molar-refractivity contribution < 1.29 is 19.8 Å². The van der Waals surface area contributed by atoms with Crippen molar-refractivity contribution in [2.75, 3.05) is 7.05 Å². The molecule has 1 aromatic rings. The minimum Gasteiger partial charge on any atom is -0.480 e. The second kappa shape index (κ2) is 6.48. The number of carboxylic acids is 1. The van der Waals surface area contributed by atoms with Crippen LogP contribution in [0.2, 0.25) is 0 Å². The average Bonchev–Trinajstić information content (AvgIpc) is 2.70. The first-order valence-electron chi connectivity index (χ1n) is 5.64. The van der Waals surface area contributed by atoms with Crippen molar-refractivity contribution in [2.24, 2.45) is 0 Å². The SMILES string of the molecule is Cc1ncsc1CN(C)C(=O)N[C@H](C(=O)O)[C@@H](C)O. The highest BCUT2D eigenvalue weighted by atomic mass is 32.1. The Morgan fingerprint density at radius 3 is 2.63 bits per heavy atom. The maximum absolute atomic E-state index is 11.8. The van der Waals surface area contributed by atoms with Crippen molar-refractivity contribution in [3.63, 3.8) is 0 Å². The molecular weight excluding hydrogens is 270 g/mol. The number of aliphatic carboxylic acids is 1. The topological polar surface area (TPSA) is 103 Å². The van der Waals surface area contributed by atoms with Crippen LogP contribution in [0.15, 0.2) is 5.51 Å². The number of urea groups is 1. The number of hydrogen-bond donors (Lipinski definition) is 3. The fourth-order valence-corrected chi connectivity index (χ4v) is 2.23. The molecule has 1 heterocycles. The Balaban J connectivity index is 2.62. The monoisotopic (exact) mass is 287 g/mol. The molecule has 0 bridgehead atoms. The van der Waals surface area contributed by atoms with E-state index in [1.165, 1.54) is 23.2 Å². The van der Waals surface area contributed by atoms with Gasteiger partial charge in [-0.05, 0) is 13.8 Å². The van der Waals surface area contributed by atoms with Crippen LogP contribution in [0.5, 0.6) is 0 Å². The highest BCUT2D eigenvalue weighted by molar-refractivity contribution is 7.09. The van der Waals surface area contributed by atoms with Gasteiger partial charge in [-0.15, -0.1) is 11.3 Å². The van der Waals surface area contributed by atoms with Crippen LogP contribution in [0.1, 0.15) is 17.5 Å². The lowest BCUT2D eigenvalue weighted by atomic mass is 10.2. The van der Waals surface area contributed by atoms with Crippen molar-refractivity contribution in [1.29, 1.82) is 0 Å². The van der Waals surface area contributed by atoms with Crippen LogP contribution in [-0.4, -0.2) is 51.3 Å². The minimum absolute atomic E-state index is 0.342. The number of carbonyl (C=O) groups is 2. The number of carboxylic acid groups (broad SMARTS) is 1. The second-order valence-electron chi connectivity index (χ2n) is 4.22. The molecule has 1 rings (SSSR count). The molecule has 0 saturated carbocycles. The van der Waals surface area contributed by atoms with E-state index in [1.807, 2.05) is 6.92 Å². The Hall–Kier alpha value is -1.67. The number of aliphatic hydroxyl groups is 1. The van der Waals surface area contributed by atoms with Gasteiger partial charge in [-0.2, -0.15) is 0 Å². The minimum atomic E-state index is -1.32. The number of amides is 2. The van der Waals surface area contributed by atoms with E-state index in [-0.39, 0.29) is 0 Å². The summed E-state index contributed by atoms with van der Waals surface area (Å²) < 4.78 is 0. The number of hydrogen-bond acceptors (Lipinski definition) is 5. The average molecular weight is 287 g/mol. The molecule has 7 nitrogen and oxygen atoms in total. The maximum Gasteiger partial charge on any atom is 0.328 e. The van der Waals surface area contributed by atoms with Gasteiger partial charge < -0.3 is 20.4 Å². The first-order chi connectivity index (χ1) is 8.82. The molecule has 0 fully saturated rings. The van der Waals surface area contributed by atoms with Crippen molar-refractivity contribution in [2.45, 2.75) is 32.5 Å². The van der Waals surface area contributed by atoms with Crippen molar-refractivity contribution in [1.82, 2.24) is 15.2 Å². The van der Waals surface area contributed by atoms with Crippen LogP contribution in [0.4, 0.5) is 4.79 Å². The van der Waals surface area contributed by atoms with Crippen LogP contribution in [0.25, 0.3) is 0 Å². The summed E-state index contributed by atoms with van der Waals surface area (Å²) in [5, 5.41) is 20.4. The molecule has 0 unspecified atom stereocenters. The zero-order chi connectivity index (χ0) is 14.6. The zero-order valence-electron chi connectivity index (χ0n) is 11.0. The van der Waals surface area contributed by atoms with Crippen molar-refractivity contribution in [3.8, 4) is 0 Å². The summed E-state index contributed by atoms with van der Waals surface area (Å²) in [6.45, 7) is 3.49. The summed E-state index contributed by atoms with van der Waals surface area (Å²) in [5.41, 5.74) is 2.53. The lowest BCUT2D eigenvalue weighted by Gasteiger charge is -2.22. The van der Waals surface area contributed by atoms with Crippen LogP contribution in [-0.2, 0) is 11.3 Å². The predicted octanol–water partition coefficient (Wildman–Crippen LogP) is 0.427. The third-order valence-corrected chi connectivity index (χ3v) is 3.52. The molecule has 19 heavy (non-hydrogen) atoms. The third kappa shape index (κ3) is 4.18. The summed E-state index contributed by atoms with van der Waals surface area (Å²) in [7, 11) is 1.55. The Labute approximate surface area is 114 Å². The van der Waals surface area contributed by atoms with E-state index in [1.54, 1.807) is 12.6 Å². The van der Waals surface area contributed by atoms with Gasteiger partial charge in [0.25, 0.3) is 0 Å². The van der Waals surface area contributed by atoms with E-state index in [2.05, 4.69) is 10.3 Å². The standard InChI is InChI=1S/C11H17N3O4S/c1-6-8(19-5-12-6)4-14(3)11(18)13-9(7(2)15)10(16)17/h5,7,9,15H,4H2,1-3H3,(H,13,18)(H,16,17)/t7-,9+/m1/s1. The summed E-state index contributed by atoms with van der Waals surface area (Å²) in [4.78, 5) is 29.0. The summed E-state index contributed by atoms with van der Waals surface area (Å²) >= 11 is 1.43. The third-order valence-electron chi connectivity index (χ3n) is 2.60. The van der Waals surface area contributed by atoms with Crippen molar-refractivity contribution in [3.05, 3.63) is 16.1 Å². The lowest BCUT2D eigenvalue weighted by Crippen LogP contribution is -2.51. The number of nitrogens with one attached hydrogen (secondary N) is 1. The maximum atomic E-state index is 11.8. The van der Waals surface area contributed by atoms with E-state index in [9.17, 15) is 14.7 Å². The largest absolute Gasteiger partial charge is 0.480 e. The van der Waals surface area contributed by atoms with Gasteiger partial charge in [0, 0.05) is 11.9 Å². The number of rotatable bonds is 5. The molecule has 0 aliphatic rings. The molecule has 0 radical (unpaired) electrons. The van der Waals surface area contributed by atoms with Gasteiger partial charge in [-0.3, -0.25) is 0 Å². The van der Waals surface area contributed by atoms with Gasteiger partial charge in [-0.25, -0.2) is 14.6 Å². The number of thiazole rings is 1. The van der Waals surface area contributed by atoms with Crippen molar-refractivity contribution >= 4 is 23.3 Å². The Morgan fingerprint density at radius 1 is 1.58 bits per heavy atom. The number of carbonyl (C=O) groups excluding carboxylic acids is 1. The molecule has 0 aliphatic heterocycles. The predicted molar refractivity (Wildman–Crippen MR) is 70.0 cm³/mol. The van der Waals surface area contributed by atoms with Gasteiger partial charge in [0.05, 0.1) is 23.9 Å². The molecule has 3 N–H and O–H groups in total. The lowest BCUT2D eigenvalue weighted by molar-refractivity contribution is -0.141. The fourth-order valence-electron chi connectivity index (χ4n) is 1.40. The molecule has 1 aromatic heterocycles. The number of aromatic nitrogens is 1. The van der Waals surface area contributed by atoms with E-state index in [0.29, 0.717) is 6.54 Å². The summed E-state index contributed by atoms with van der Waals surface area (Å²) in [6.07, 6.45) is -1.17. The smallest absolute Gasteiger partial charge is 0.328 e. The number of aliphatic hydroxyl groups excluding tert-OH is 1. The Morgan fingerprint density at radius 2 is 2.21 bits per heavy atom. The van der Waals surface area contributed by atoms with Crippen LogP contribution in [0, 0.1) is 6.92 Å². The summed E-state index contributed by atoms with van der Waals surface area (Å²) in [6, 6.07) is -1.88. The molecule has 0 spiro atoms. The first-order valence-corrected chi connectivity index (χ1v) is 6.52. The Kier molecular flexibility index (Phi) is 5.25. The number of aryl methyl sites for hydroxylation is 1.